The molecule has 0 aliphatic carbocycles. The number of benzene rings is 2. The summed E-state index contributed by atoms with van der Waals surface area (Å²) in [5.41, 5.74) is 2.78. The van der Waals surface area contributed by atoms with Crippen molar-refractivity contribution in [3.63, 3.8) is 0 Å². The Hall–Kier alpha value is -3.60. The Balaban J connectivity index is 1.30. The quantitative estimate of drug-likeness (QED) is 0.288. The molecule has 196 valence electrons. The number of anilines is 1. The molecule has 1 fully saturated rings. The van der Waals surface area contributed by atoms with E-state index in [1.807, 2.05) is 12.1 Å². The molecule has 3 heterocycles. The maximum Gasteiger partial charge on any atom is 0.230 e. The lowest BCUT2D eigenvalue weighted by molar-refractivity contribution is -0.114. The summed E-state index contributed by atoms with van der Waals surface area (Å²) in [5.74, 6) is 0.292. The molecule has 1 amide bonds. The van der Waals surface area contributed by atoms with Crippen LogP contribution < -0.4 is 14.8 Å². The number of morpholine rings is 1. The first-order chi connectivity index (χ1) is 18.5. The van der Waals surface area contributed by atoms with Crippen molar-refractivity contribution < 1.29 is 23.4 Å². The summed E-state index contributed by atoms with van der Waals surface area (Å²) in [6.45, 7) is 5.97. The maximum absolute atomic E-state index is 15.1. The predicted molar refractivity (Wildman–Crippen MR) is 146 cm³/mol. The predicted octanol–water partition coefficient (Wildman–Crippen LogP) is 5.66. The Kier molecular flexibility index (Phi) is 8.11. The van der Waals surface area contributed by atoms with Crippen LogP contribution in [0.2, 0.25) is 0 Å². The first-order valence-electron chi connectivity index (χ1n) is 12.2. The molecular formula is C28H26BrFN4O4. The molecule has 8 nitrogen and oxygen atoms in total. The van der Waals surface area contributed by atoms with E-state index in [-0.39, 0.29) is 11.7 Å². The average Bonchev–Trinajstić information content (AvgIpc) is 2.92. The number of nitrogens with one attached hydrogen (secondary N) is 1. The van der Waals surface area contributed by atoms with Gasteiger partial charge in [-0.2, -0.15) is 0 Å². The van der Waals surface area contributed by atoms with Crippen LogP contribution in [0.15, 0.2) is 65.4 Å². The van der Waals surface area contributed by atoms with Crippen molar-refractivity contribution in [1.82, 2.24) is 14.9 Å². The van der Waals surface area contributed by atoms with E-state index in [1.165, 1.54) is 13.0 Å². The molecule has 0 unspecified atom stereocenters. The fourth-order valence-electron chi connectivity index (χ4n) is 4.15. The molecule has 2 aromatic heterocycles. The highest BCUT2D eigenvalue weighted by molar-refractivity contribution is 9.10. The van der Waals surface area contributed by atoms with Gasteiger partial charge in [0.1, 0.15) is 16.8 Å². The zero-order valence-corrected chi connectivity index (χ0v) is 22.3. The van der Waals surface area contributed by atoms with Gasteiger partial charge in [-0.05, 0) is 57.4 Å². The van der Waals surface area contributed by atoms with Crippen LogP contribution in [0.5, 0.6) is 17.4 Å². The number of halogens is 2. The van der Waals surface area contributed by atoms with Gasteiger partial charge in [0.05, 0.1) is 24.1 Å². The molecule has 1 aliphatic heterocycles. The van der Waals surface area contributed by atoms with Gasteiger partial charge in [-0.1, -0.05) is 18.2 Å². The average molecular weight is 581 g/mol. The van der Waals surface area contributed by atoms with Crippen LogP contribution in [0.25, 0.3) is 22.0 Å². The Labute approximate surface area is 227 Å². The lowest BCUT2D eigenvalue weighted by Gasteiger charge is -2.26. The topological polar surface area (TPSA) is 85.8 Å². The minimum absolute atomic E-state index is 0.0816. The van der Waals surface area contributed by atoms with Crippen LogP contribution in [-0.2, 0) is 9.53 Å². The molecular weight excluding hydrogens is 555 g/mol. The highest BCUT2D eigenvalue weighted by atomic mass is 79.9. The summed E-state index contributed by atoms with van der Waals surface area (Å²) < 4.78 is 32.9. The highest BCUT2D eigenvalue weighted by Gasteiger charge is 2.16. The largest absolute Gasteiger partial charge is 0.475 e. The lowest BCUT2D eigenvalue weighted by atomic mass is 10.0. The summed E-state index contributed by atoms with van der Waals surface area (Å²) >= 11 is 3.56. The van der Waals surface area contributed by atoms with Crippen LogP contribution in [0, 0.1) is 5.82 Å². The maximum atomic E-state index is 15.1. The monoisotopic (exact) mass is 580 g/mol. The Morgan fingerprint density at radius 3 is 2.58 bits per heavy atom. The zero-order chi connectivity index (χ0) is 26.5. The highest BCUT2D eigenvalue weighted by Crippen LogP contribution is 2.37. The van der Waals surface area contributed by atoms with E-state index >= 15 is 4.39 Å². The summed E-state index contributed by atoms with van der Waals surface area (Å²) in [5, 5.41) is 3.34. The molecule has 2 aromatic carbocycles. The molecule has 0 radical (unpaired) electrons. The second kappa shape index (κ2) is 11.8. The smallest absolute Gasteiger partial charge is 0.230 e. The van der Waals surface area contributed by atoms with E-state index in [4.69, 9.17) is 14.2 Å². The van der Waals surface area contributed by atoms with E-state index in [2.05, 4.69) is 36.1 Å². The van der Waals surface area contributed by atoms with Gasteiger partial charge < -0.3 is 19.5 Å². The summed E-state index contributed by atoms with van der Waals surface area (Å²) in [4.78, 5) is 22.4. The van der Waals surface area contributed by atoms with E-state index in [9.17, 15) is 4.79 Å². The number of fused-ring (bicyclic) bond motifs is 1. The molecule has 1 saturated heterocycles. The summed E-state index contributed by atoms with van der Waals surface area (Å²) in [6, 6.07) is 13.6. The number of pyridine rings is 2. The van der Waals surface area contributed by atoms with Gasteiger partial charge in [-0.25, -0.2) is 9.37 Å². The number of carbonyl (C=O) groups excluding carboxylic acids is 1. The van der Waals surface area contributed by atoms with Crippen LogP contribution in [-0.4, -0.2) is 60.2 Å². The van der Waals surface area contributed by atoms with E-state index < -0.39 is 5.82 Å². The lowest BCUT2D eigenvalue weighted by Crippen LogP contribution is -2.38. The van der Waals surface area contributed by atoms with Gasteiger partial charge in [0.2, 0.25) is 11.8 Å². The van der Waals surface area contributed by atoms with Crippen molar-refractivity contribution in [3.8, 4) is 28.5 Å². The number of nitrogens with zero attached hydrogens (tertiary/aromatic N) is 3. The standard InChI is InChI=1S/C28H26BrFN4O4/c1-18(35)33-21-5-2-19(3-6-21)20-4-7-25(23(30)16-20)38-24-8-9-31-27-22(24)17-32-28(26(27)29)37-15-12-34-10-13-36-14-11-34/h2-9,16-17H,10-15H2,1H3,(H,33,35). The van der Waals surface area contributed by atoms with Crippen molar-refractivity contribution in [2.45, 2.75) is 6.92 Å². The van der Waals surface area contributed by atoms with Gasteiger partial charge >= 0.3 is 0 Å². The van der Waals surface area contributed by atoms with Gasteiger partial charge in [0, 0.05) is 44.6 Å². The third-order valence-electron chi connectivity index (χ3n) is 6.10. The molecule has 0 atom stereocenters. The van der Waals surface area contributed by atoms with Crippen molar-refractivity contribution in [1.29, 1.82) is 0 Å². The number of hydrogen-bond acceptors (Lipinski definition) is 7. The fourth-order valence-corrected chi connectivity index (χ4v) is 4.69. The molecule has 5 rings (SSSR count). The molecule has 4 aromatic rings. The zero-order valence-electron chi connectivity index (χ0n) is 20.7. The van der Waals surface area contributed by atoms with E-state index in [1.54, 1.807) is 42.7 Å². The van der Waals surface area contributed by atoms with Crippen LogP contribution >= 0.6 is 15.9 Å². The number of rotatable bonds is 8. The normalized spacial score (nSPS) is 13.9. The van der Waals surface area contributed by atoms with Gasteiger partial charge in [0.25, 0.3) is 0 Å². The Morgan fingerprint density at radius 2 is 1.84 bits per heavy atom. The molecule has 1 aliphatic rings. The Bertz CT molecular complexity index is 1450. The molecule has 38 heavy (non-hydrogen) atoms. The third-order valence-corrected chi connectivity index (χ3v) is 6.81. The number of amides is 1. The molecule has 1 N–H and O–H groups in total. The van der Waals surface area contributed by atoms with Gasteiger partial charge in [-0.15, -0.1) is 0 Å². The van der Waals surface area contributed by atoms with Crippen molar-refractivity contribution in [3.05, 3.63) is 71.2 Å². The fraction of sp³-hybridized carbons (Fsp3) is 0.250. The summed E-state index contributed by atoms with van der Waals surface area (Å²) in [6.07, 6.45) is 3.22. The van der Waals surface area contributed by atoms with Crippen molar-refractivity contribution >= 4 is 38.4 Å². The Morgan fingerprint density at radius 1 is 1.08 bits per heavy atom. The number of carbonyl (C=O) groups is 1. The van der Waals surface area contributed by atoms with E-state index in [0.717, 1.165) is 38.4 Å². The number of aromatic nitrogens is 2. The first kappa shape index (κ1) is 26.0. The molecule has 0 spiro atoms. The van der Waals surface area contributed by atoms with Gasteiger partial charge in [0.15, 0.2) is 11.6 Å². The number of ether oxygens (including phenoxy) is 3. The SMILES string of the molecule is CC(=O)Nc1ccc(-c2ccc(Oc3ccnc4c(Br)c(OCCN5CCOCC5)ncc34)c(F)c2)cc1. The van der Waals surface area contributed by atoms with Crippen molar-refractivity contribution in [2.24, 2.45) is 0 Å². The minimum Gasteiger partial charge on any atom is -0.475 e. The molecule has 0 bridgehead atoms. The second-order valence-electron chi connectivity index (χ2n) is 8.76. The molecule has 10 heteroatoms. The minimum atomic E-state index is -0.506. The second-order valence-corrected chi connectivity index (χ2v) is 9.55. The van der Waals surface area contributed by atoms with Crippen LogP contribution in [0.1, 0.15) is 6.92 Å². The first-order valence-corrected chi connectivity index (χ1v) is 13.0. The number of hydrogen-bond donors (Lipinski definition) is 1. The van der Waals surface area contributed by atoms with Crippen LogP contribution in [0.3, 0.4) is 0 Å². The van der Waals surface area contributed by atoms with Gasteiger partial charge in [-0.3, -0.25) is 14.7 Å². The third kappa shape index (κ3) is 6.09. The summed E-state index contributed by atoms with van der Waals surface area (Å²) in [7, 11) is 0. The van der Waals surface area contributed by atoms with Crippen LogP contribution in [0.4, 0.5) is 10.1 Å². The van der Waals surface area contributed by atoms with E-state index in [0.29, 0.717) is 44.9 Å². The van der Waals surface area contributed by atoms with Crippen molar-refractivity contribution in [2.75, 3.05) is 44.8 Å². The molecule has 0 saturated carbocycles.